The molecule has 9 heteroatoms. The summed E-state index contributed by atoms with van der Waals surface area (Å²) < 4.78 is 34.1. The van der Waals surface area contributed by atoms with Crippen molar-refractivity contribution in [2.75, 3.05) is 0 Å². The molecule has 0 atom stereocenters. The van der Waals surface area contributed by atoms with E-state index in [1.807, 2.05) is 0 Å². The summed E-state index contributed by atoms with van der Waals surface area (Å²) in [6, 6.07) is 0. The Kier molecular flexibility index (Phi) is 42.8. The Labute approximate surface area is 98.4 Å². The first-order valence-electron chi connectivity index (χ1n) is 0.667. The van der Waals surface area contributed by atoms with Crippen LogP contribution in [0.15, 0.2) is 0 Å². The molecule has 6 nitrogen and oxygen atoms in total. The SMILES string of the molecule is O=S(=O)([O-])[O-].[Ca+2].[Mg+2].[OH-].[OH-]. The zero-order chi connectivity index (χ0) is 4.50. The average Bonchev–Trinajstić information content (AvgIpc) is 0.722. The fourth-order valence-corrected chi connectivity index (χ4v) is 0. The molecule has 0 aromatic rings. The summed E-state index contributed by atoms with van der Waals surface area (Å²) in [5.41, 5.74) is 0. The van der Waals surface area contributed by atoms with Crippen LogP contribution in [0.1, 0.15) is 0 Å². The van der Waals surface area contributed by atoms with Gasteiger partial charge in [-0.05, 0) is 0 Å². The summed E-state index contributed by atoms with van der Waals surface area (Å²) in [6.45, 7) is 0. The third kappa shape index (κ3) is 182. The predicted octanol–water partition coefficient (Wildman–Crippen LogP) is -2.45. The van der Waals surface area contributed by atoms with Gasteiger partial charge in [0.15, 0.2) is 0 Å². The van der Waals surface area contributed by atoms with E-state index in [9.17, 15) is 0 Å². The fraction of sp³-hybridized carbons (Fsp3) is 0. The van der Waals surface area contributed by atoms with Crippen LogP contribution in [0.5, 0.6) is 0 Å². The molecule has 0 saturated heterocycles. The largest absolute Gasteiger partial charge is 2.00 e. The second-order valence-electron chi connectivity index (χ2n) is 0.408. The third-order valence-corrected chi connectivity index (χ3v) is 0. The van der Waals surface area contributed by atoms with E-state index < -0.39 is 10.4 Å². The van der Waals surface area contributed by atoms with E-state index >= 15 is 0 Å². The van der Waals surface area contributed by atoms with Crippen molar-refractivity contribution < 1.29 is 28.5 Å². The summed E-state index contributed by atoms with van der Waals surface area (Å²) in [6.07, 6.45) is 0. The normalized spacial score (nSPS) is 6.44. The molecular weight excluding hydrogens is 192 g/mol. The van der Waals surface area contributed by atoms with Crippen molar-refractivity contribution >= 4 is 71.2 Å². The number of hydrogen-bond donors (Lipinski definition) is 0. The van der Waals surface area contributed by atoms with Crippen LogP contribution in [0.25, 0.3) is 0 Å². The zero-order valence-corrected chi connectivity index (χ0v) is 8.79. The standard InChI is InChI=1S/Ca.Mg.H2O4S.2H2O/c;;1-5(2,3)4;;/h;;(H2,1,2,3,4);2*1H2/q2*+2;;;/p-4. The van der Waals surface area contributed by atoms with Gasteiger partial charge in [0.05, 0.1) is 0 Å². The second kappa shape index (κ2) is 12.5. The van der Waals surface area contributed by atoms with E-state index in [1.54, 1.807) is 0 Å². The molecule has 48 valence electrons. The van der Waals surface area contributed by atoms with Gasteiger partial charge in [-0.2, -0.15) is 0 Å². The van der Waals surface area contributed by atoms with Gasteiger partial charge in [-0.25, -0.2) is 0 Å². The maximum Gasteiger partial charge on any atom is 2.00 e. The molecule has 0 aromatic heterocycles. The van der Waals surface area contributed by atoms with Gasteiger partial charge in [0.2, 0.25) is 0 Å². The first-order valence-corrected chi connectivity index (χ1v) is 2.00. The maximum atomic E-state index is 8.52. The van der Waals surface area contributed by atoms with Crippen LogP contribution >= 0.6 is 0 Å². The molecule has 0 fully saturated rings. The Morgan fingerprint density at radius 3 is 1.00 bits per heavy atom. The number of rotatable bonds is 0. The molecule has 0 bridgehead atoms. The molecule has 0 aliphatic rings. The molecule has 0 saturated carbocycles. The van der Waals surface area contributed by atoms with Crippen molar-refractivity contribution in [3.8, 4) is 0 Å². The Morgan fingerprint density at radius 2 is 1.00 bits per heavy atom. The summed E-state index contributed by atoms with van der Waals surface area (Å²) in [5, 5.41) is 0. The van der Waals surface area contributed by atoms with E-state index in [0.717, 1.165) is 0 Å². The first-order chi connectivity index (χ1) is 2.00. The van der Waals surface area contributed by atoms with Gasteiger partial charge < -0.3 is 20.1 Å². The molecule has 0 aliphatic carbocycles. The van der Waals surface area contributed by atoms with Gasteiger partial charge in [0, 0.05) is 10.4 Å². The zero-order valence-electron chi connectivity index (χ0n) is 4.35. The predicted molar refractivity (Wildman–Crippen MR) is 25.9 cm³/mol. The van der Waals surface area contributed by atoms with E-state index in [4.69, 9.17) is 17.5 Å². The van der Waals surface area contributed by atoms with Crippen molar-refractivity contribution in [1.82, 2.24) is 0 Å². The van der Waals surface area contributed by atoms with Crippen LogP contribution in [-0.4, -0.2) is 89.3 Å². The van der Waals surface area contributed by atoms with Gasteiger partial charge in [-0.15, -0.1) is 0 Å². The average molecular weight is 194 g/mol. The number of hydrogen-bond acceptors (Lipinski definition) is 6. The molecule has 0 amide bonds. The van der Waals surface area contributed by atoms with E-state index in [-0.39, 0.29) is 71.7 Å². The second-order valence-corrected chi connectivity index (χ2v) is 1.22. The quantitative estimate of drug-likeness (QED) is 0.238. The molecule has 0 unspecified atom stereocenters. The van der Waals surface area contributed by atoms with Crippen LogP contribution in [0.2, 0.25) is 0 Å². The minimum absolute atomic E-state index is 0. The summed E-state index contributed by atoms with van der Waals surface area (Å²) in [7, 11) is -5.17. The molecule has 9 heavy (non-hydrogen) atoms. The van der Waals surface area contributed by atoms with Gasteiger partial charge in [0.1, 0.15) is 0 Å². The van der Waals surface area contributed by atoms with E-state index in [0.29, 0.717) is 0 Å². The van der Waals surface area contributed by atoms with Crippen LogP contribution in [-0.2, 0) is 10.4 Å². The molecule has 0 aliphatic heterocycles. The Morgan fingerprint density at radius 1 is 1.00 bits per heavy atom. The molecule has 0 spiro atoms. The van der Waals surface area contributed by atoms with Crippen molar-refractivity contribution in [3.05, 3.63) is 0 Å². The van der Waals surface area contributed by atoms with Gasteiger partial charge in [0.25, 0.3) is 0 Å². The van der Waals surface area contributed by atoms with E-state index in [2.05, 4.69) is 0 Å². The molecule has 0 heterocycles. The fourth-order valence-electron chi connectivity index (χ4n) is 0. The smallest absolute Gasteiger partial charge is 0.870 e. The van der Waals surface area contributed by atoms with Crippen LogP contribution in [0, 0.1) is 0 Å². The monoisotopic (exact) mass is 194 g/mol. The molecule has 0 rings (SSSR count). The Balaban J connectivity index is -0.0000000133. The molecule has 0 aromatic carbocycles. The molecular formula is H2CaMgO6S. The van der Waals surface area contributed by atoms with Crippen LogP contribution in [0.3, 0.4) is 0 Å². The van der Waals surface area contributed by atoms with Crippen molar-refractivity contribution in [2.24, 2.45) is 0 Å². The van der Waals surface area contributed by atoms with Crippen molar-refractivity contribution in [2.45, 2.75) is 0 Å². The Hall–Kier alpha value is 1.82. The van der Waals surface area contributed by atoms with Gasteiger partial charge in [-0.3, -0.25) is 8.42 Å². The van der Waals surface area contributed by atoms with Crippen molar-refractivity contribution in [3.63, 3.8) is 0 Å². The third-order valence-electron chi connectivity index (χ3n) is 0. The van der Waals surface area contributed by atoms with Gasteiger partial charge in [-0.1, -0.05) is 0 Å². The Bertz CT molecular complexity index is 96.2. The van der Waals surface area contributed by atoms with E-state index in [1.165, 1.54) is 0 Å². The topological polar surface area (TPSA) is 140 Å². The summed E-state index contributed by atoms with van der Waals surface area (Å²) in [5.74, 6) is 0. The molecule has 0 radical (unpaired) electrons. The molecule has 2 N–H and O–H groups in total. The minimum atomic E-state index is -5.17. The van der Waals surface area contributed by atoms with Crippen LogP contribution in [0.4, 0.5) is 0 Å². The first kappa shape index (κ1) is 30.8. The van der Waals surface area contributed by atoms with Gasteiger partial charge >= 0.3 is 60.8 Å². The summed E-state index contributed by atoms with van der Waals surface area (Å²) >= 11 is 0. The van der Waals surface area contributed by atoms with Crippen molar-refractivity contribution in [1.29, 1.82) is 0 Å². The summed E-state index contributed by atoms with van der Waals surface area (Å²) in [4.78, 5) is 0. The van der Waals surface area contributed by atoms with Crippen LogP contribution < -0.4 is 0 Å². The minimum Gasteiger partial charge on any atom is -0.870 e. The maximum absolute atomic E-state index is 8.52.